The van der Waals surface area contributed by atoms with Crippen molar-refractivity contribution in [3.63, 3.8) is 0 Å². The van der Waals surface area contributed by atoms with Gasteiger partial charge >= 0.3 is 0 Å². The van der Waals surface area contributed by atoms with Gasteiger partial charge in [-0.2, -0.15) is 5.26 Å². The molecule has 0 aliphatic heterocycles. The summed E-state index contributed by atoms with van der Waals surface area (Å²) >= 11 is 0. The molecule has 1 N–H and O–H groups in total. The van der Waals surface area contributed by atoms with Gasteiger partial charge in [0, 0.05) is 32.8 Å². The van der Waals surface area contributed by atoms with Crippen molar-refractivity contribution in [2.45, 2.75) is 32.4 Å². The quantitative estimate of drug-likeness (QED) is 0.789. The van der Waals surface area contributed by atoms with Crippen LogP contribution in [-0.2, 0) is 11.3 Å². The fourth-order valence-electron chi connectivity index (χ4n) is 2.26. The highest BCUT2D eigenvalue weighted by molar-refractivity contribution is 5.60. The molecule has 0 atom stereocenters. The number of nitrogens with zero attached hydrogens (tertiary/aromatic N) is 2. The van der Waals surface area contributed by atoms with Crippen LogP contribution in [-0.4, -0.2) is 32.8 Å². The maximum atomic E-state index is 9.37. The van der Waals surface area contributed by atoms with Gasteiger partial charge in [-0.15, -0.1) is 0 Å². The van der Waals surface area contributed by atoms with Crippen molar-refractivity contribution in [3.8, 4) is 6.07 Å². The molecule has 0 aromatic heterocycles. The van der Waals surface area contributed by atoms with Crippen LogP contribution in [0, 0.1) is 11.3 Å². The molecule has 1 saturated carbocycles. The van der Waals surface area contributed by atoms with Gasteiger partial charge in [-0.25, -0.2) is 0 Å². The van der Waals surface area contributed by atoms with Gasteiger partial charge in [0.05, 0.1) is 17.9 Å². The summed E-state index contributed by atoms with van der Waals surface area (Å²) in [6.45, 7) is 5.30. The van der Waals surface area contributed by atoms with Gasteiger partial charge < -0.3 is 15.0 Å². The number of likely N-dealkylation sites (N-methyl/N-ethyl adjacent to an activating group) is 1. The average Bonchev–Trinajstić information content (AvgIpc) is 3.30. The smallest absolute Gasteiger partial charge is 0.101 e. The molecule has 1 aliphatic rings. The summed E-state index contributed by atoms with van der Waals surface area (Å²) in [6, 6.07) is 9.18. The lowest BCUT2D eigenvalue weighted by atomic mass is 10.1. The van der Waals surface area contributed by atoms with Crippen LogP contribution in [0.1, 0.15) is 30.9 Å². The largest absolute Gasteiger partial charge is 0.383 e. The lowest BCUT2D eigenvalue weighted by Gasteiger charge is -2.24. The molecule has 0 bridgehead atoms. The van der Waals surface area contributed by atoms with Crippen molar-refractivity contribution in [1.82, 2.24) is 5.32 Å². The van der Waals surface area contributed by atoms with E-state index in [4.69, 9.17) is 4.74 Å². The number of ether oxygens (including phenoxy) is 1. The van der Waals surface area contributed by atoms with Crippen molar-refractivity contribution >= 4 is 5.69 Å². The Bertz CT molecular complexity index is 477. The summed E-state index contributed by atoms with van der Waals surface area (Å²) in [7, 11) is 1.70. The normalized spacial score (nSPS) is 14.1. The van der Waals surface area contributed by atoms with Crippen molar-refractivity contribution in [2.75, 3.05) is 31.7 Å². The number of methoxy groups -OCH3 is 1. The predicted molar refractivity (Wildman–Crippen MR) is 80.8 cm³/mol. The highest BCUT2D eigenvalue weighted by Crippen LogP contribution is 2.23. The predicted octanol–water partition coefficient (Wildman–Crippen LogP) is 2.28. The highest BCUT2D eigenvalue weighted by Gasteiger charge is 2.20. The zero-order valence-corrected chi connectivity index (χ0v) is 12.4. The second-order valence-corrected chi connectivity index (χ2v) is 5.19. The molecule has 1 fully saturated rings. The monoisotopic (exact) mass is 273 g/mol. The number of nitrogens with one attached hydrogen (secondary N) is 1. The van der Waals surface area contributed by atoms with Crippen LogP contribution >= 0.6 is 0 Å². The molecule has 0 amide bonds. The lowest BCUT2D eigenvalue weighted by molar-refractivity contribution is 0.205. The molecule has 1 aliphatic carbocycles. The Morgan fingerprint density at radius 3 is 2.85 bits per heavy atom. The molecular formula is C16H23N3O. The molecule has 0 spiro atoms. The number of hydrogen-bond donors (Lipinski definition) is 1. The van der Waals surface area contributed by atoms with E-state index in [0.29, 0.717) is 12.6 Å². The molecule has 0 unspecified atom stereocenters. The Balaban J connectivity index is 2.08. The minimum atomic E-state index is 0.670. The second-order valence-electron chi connectivity index (χ2n) is 5.19. The summed E-state index contributed by atoms with van der Waals surface area (Å²) < 4.78 is 5.13. The lowest BCUT2D eigenvalue weighted by Crippen LogP contribution is -2.27. The molecule has 4 heteroatoms. The third kappa shape index (κ3) is 3.96. The van der Waals surface area contributed by atoms with Crippen LogP contribution in [0.25, 0.3) is 0 Å². The van der Waals surface area contributed by atoms with Crippen LogP contribution < -0.4 is 10.2 Å². The number of hydrogen-bond acceptors (Lipinski definition) is 4. The Kier molecular flexibility index (Phi) is 5.40. The standard InChI is InChI=1S/C16H23N3O/c1-3-19(8-9-20-2)16-7-4-13(10-14(16)11-17)12-18-15-5-6-15/h4,7,10,15,18H,3,5-6,8-9,12H2,1-2H3. The van der Waals surface area contributed by atoms with E-state index in [1.807, 2.05) is 6.07 Å². The molecule has 4 nitrogen and oxygen atoms in total. The van der Waals surface area contributed by atoms with Crippen LogP contribution in [0.2, 0.25) is 0 Å². The van der Waals surface area contributed by atoms with E-state index in [9.17, 15) is 5.26 Å². The van der Waals surface area contributed by atoms with Gasteiger partial charge in [-0.1, -0.05) is 6.07 Å². The van der Waals surface area contributed by atoms with E-state index in [0.717, 1.165) is 30.9 Å². The number of anilines is 1. The maximum absolute atomic E-state index is 9.37. The zero-order valence-electron chi connectivity index (χ0n) is 12.4. The third-order valence-electron chi connectivity index (χ3n) is 3.64. The minimum absolute atomic E-state index is 0.670. The Morgan fingerprint density at radius 1 is 1.45 bits per heavy atom. The topological polar surface area (TPSA) is 48.3 Å². The molecule has 108 valence electrons. The first kappa shape index (κ1) is 14.8. The molecule has 0 radical (unpaired) electrons. The molecule has 0 saturated heterocycles. The van der Waals surface area contributed by atoms with Gasteiger partial charge in [0.1, 0.15) is 6.07 Å². The Hall–Kier alpha value is -1.57. The van der Waals surface area contributed by atoms with E-state index in [1.54, 1.807) is 7.11 Å². The first-order valence-electron chi connectivity index (χ1n) is 7.28. The summed E-state index contributed by atoms with van der Waals surface area (Å²) in [4.78, 5) is 2.18. The van der Waals surface area contributed by atoms with Crippen molar-refractivity contribution in [3.05, 3.63) is 29.3 Å². The minimum Gasteiger partial charge on any atom is -0.383 e. The molecule has 2 rings (SSSR count). The number of nitriles is 1. The van der Waals surface area contributed by atoms with E-state index in [1.165, 1.54) is 18.4 Å². The van der Waals surface area contributed by atoms with Gasteiger partial charge in [-0.3, -0.25) is 0 Å². The van der Waals surface area contributed by atoms with Crippen LogP contribution in [0.3, 0.4) is 0 Å². The fourth-order valence-corrected chi connectivity index (χ4v) is 2.26. The maximum Gasteiger partial charge on any atom is 0.101 e. The molecule has 0 heterocycles. The van der Waals surface area contributed by atoms with E-state index in [2.05, 4.69) is 35.3 Å². The van der Waals surface area contributed by atoms with Crippen LogP contribution in [0.15, 0.2) is 18.2 Å². The van der Waals surface area contributed by atoms with Crippen molar-refractivity contribution in [2.24, 2.45) is 0 Å². The van der Waals surface area contributed by atoms with Crippen molar-refractivity contribution < 1.29 is 4.74 Å². The Labute approximate surface area is 121 Å². The van der Waals surface area contributed by atoms with Gasteiger partial charge in [0.15, 0.2) is 0 Å². The summed E-state index contributed by atoms with van der Waals surface area (Å²) in [5, 5.41) is 12.9. The average molecular weight is 273 g/mol. The van der Waals surface area contributed by atoms with Gasteiger partial charge in [0.2, 0.25) is 0 Å². The highest BCUT2D eigenvalue weighted by atomic mass is 16.5. The van der Waals surface area contributed by atoms with E-state index >= 15 is 0 Å². The SMILES string of the molecule is CCN(CCOC)c1ccc(CNC2CC2)cc1C#N. The van der Waals surface area contributed by atoms with E-state index < -0.39 is 0 Å². The number of rotatable bonds is 8. The van der Waals surface area contributed by atoms with Gasteiger partial charge in [-0.05, 0) is 37.5 Å². The van der Waals surface area contributed by atoms with Crippen molar-refractivity contribution in [1.29, 1.82) is 5.26 Å². The summed E-state index contributed by atoms with van der Waals surface area (Å²) in [6.07, 6.45) is 2.56. The summed E-state index contributed by atoms with van der Waals surface area (Å²) in [5.74, 6) is 0. The second kappa shape index (κ2) is 7.28. The first-order chi connectivity index (χ1) is 9.78. The molecule has 1 aromatic carbocycles. The first-order valence-corrected chi connectivity index (χ1v) is 7.28. The summed E-state index contributed by atoms with van der Waals surface area (Å²) in [5.41, 5.74) is 2.93. The molecular weight excluding hydrogens is 250 g/mol. The van der Waals surface area contributed by atoms with Gasteiger partial charge in [0.25, 0.3) is 0 Å². The van der Waals surface area contributed by atoms with E-state index in [-0.39, 0.29) is 0 Å². The zero-order chi connectivity index (χ0) is 14.4. The third-order valence-corrected chi connectivity index (χ3v) is 3.64. The number of benzene rings is 1. The van der Waals surface area contributed by atoms with Crippen LogP contribution in [0.5, 0.6) is 0 Å². The molecule has 20 heavy (non-hydrogen) atoms. The fraction of sp³-hybridized carbons (Fsp3) is 0.562. The Morgan fingerprint density at radius 2 is 2.25 bits per heavy atom. The van der Waals surface area contributed by atoms with Crippen LogP contribution in [0.4, 0.5) is 5.69 Å². The molecule has 1 aromatic rings.